The lowest BCUT2D eigenvalue weighted by atomic mass is 10.1. The van der Waals surface area contributed by atoms with E-state index in [1.54, 1.807) is 18.2 Å². The first-order chi connectivity index (χ1) is 10.1. The van der Waals surface area contributed by atoms with Crippen LogP contribution in [0.5, 0.6) is 11.5 Å². The fourth-order valence-electron chi connectivity index (χ4n) is 1.99. The molecule has 1 unspecified atom stereocenters. The van der Waals surface area contributed by atoms with Crippen molar-refractivity contribution in [3.05, 3.63) is 18.2 Å². The number of ether oxygens (including phenoxy) is 2. The van der Waals surface area contributed by atoms with Gasteiger partial charge < -0.3 is 24.7 Å². The van der Waals surface area contributed by atoms with Gasteiger partial charge in [-0.05, 0) is 12.1 Å². The Morgan fingerprint density at radius 2 is 2.00 bits per heavy atom. The van der Waals surface area contributed by atoms with E-state index in [1.165, 1.54) is 0 Å². The third-order valence-electron chi connectivity index (χ3n) is 3.02. The lowest BCUT2D eigenvalue weighted by molar-refractivity contribution is -0.129. The van der Waals surface area contributed by atoms with Crippen LogP contribution in [0, 0.1) is 0 Å². The summed E-state index contributed by atoms with van der Waals surface area (Å²) in [6.07, 6.45) is -1.00. The summed E-state index contributed by atoms with van der Waals surface area (Å²) in [5, 5.41) is 14.8. The number of amides is 1. The quantitative estimate of drug-likeness (QED) is 0.846. The van der Waals surface area contributed by atoms with Crippen molar-refractivity contribution in [1.29, 1.82) is 0 Å². The molecule has 2 aliphatic heterocycles. The van der Waals surface area contributed by atoms with Gasteiger partial charge in [-0.1, -0.05) is 5.16 Å². The van der Waals surface area contributed by atoms with Crippen LogP contribution in [0.3, 0.4) is 0 Å². The maximum atomic E-state index is 12.0. The monoisotopic (exact) mass is 292 g/mol. The number of oxime groups is 1. The molecule has 0 aliphatic carbocycles. The summed E-state index contributed by atoms with van der Waals surface area (Å²) in [4.78, 5) is 27.5. The first-order valence-corrected chi connectivity index (χ1v) is 6.30. The Morgan fingerprint density at radius 3 is 2.71 bits per heavy atom. The van der Waals surface area contributed by atoms with Gasteiger partial charge in [0.15, 0.2) is 17.2 Å². The summed E-state index contributed by atoms with van der Waals surface area (Å²) in [6, 6.07) is 5.00. The first kappa shape index (κ1) is 13.2. The van der Waals surface area contributed by atoms with Gasteiger partial charge in [-0.25, -0.2) is 4.79 Å². The number of carbonyl (C=O) groups excluding carboxylic acids is 1. The van der Waals surface area contributed by atoms with Crippen molar-refractivity contribution in [3.8, 4) is 11.5 Å². The smallest absolute Gasteiger partial charge is 0.353 e. The molecule has 21 heavy (non-hydrogen) atoms. The number of hydrogen-bond acceptors (Lipinski definition) is 6. The Kier molecular flexibility index (Phi) is 3.35. The molecule has 8 heteroatoms. The van der Waals surface area contributed by atoms with Crippen molar-refractivity contribution in [3.63, 3.8) is 0 Å². The third-order valence-corrected chi connectivity index (χ3v) is 3.02. The van der Waals surface area contributed by atoms with Crippen molar-refractivity contribution >= 4 is 23.3 Å². The van der Waals surface area contributed by atoms with Crippen LogP contribution in [-0.4, -0.2) is 42.0 Å². The van der Waals surface area contributed by atoms with E-state index in [1.807, 2.05) is 0 Å². The van der Waals surface area contributed by atoms with Crippen LogP contribution < -0.4 is 14.8 Å². The molecule has 0 saturated heterocycles. The Hall–Kier alpha value is -2.77. The van der Waals surface area contributed by atoms with E-state index in [4.69, 9.17) is 19.4 Å². The zero-order valence-electron chi connectivity index (χ0n) is 10.9. The van der Waals surface area contributed by atoms with Crippen LogP contribution in [-0.2, 0) is 14.4 Å². The van der Waals surface area contributed by atoms with E-state index in [2.05, 4.69) is 10.5 Å². The summed E-state index contributed by atoms with van der Waals surface area (Å²) < 4.78 is 10.8. The highest BCUT2D eigenvalue weighted by Gasteiger charge is 2.31. The van der Waals surface area contributed by atoms with Crippen molar-refractivity contribution in [1.82, 2.24) is 0 Å². The van der Waals surface area contributed by atoms with E-state index < -0.39 is 18.0 Å². The Bertz CT molecular complexity index is 627. The summed E-state index contributed by atoms with van der Waals surface area (Å²) in [5.74, 6) is -0.488. The number of nitrogens with zero attached hydrogens (tertiary/aromatic N) is 1. The molecule has 8 nitrogen and oxygen atoms in total. The predicted octanol–water partition coefficient (Wildman–Crippen LogP) is 0.626. The fraction of sp³-hybridized carbons (Fsp3) is 0.308. The Balaban J connectivity index is 1.64. The molecule has 2 heterocycles. The zero-order valence-corrected chi connectivity index (χ0v) is 10.9. The molecule has 1 atom stereocenters. The van der Waals surface area contributed by atoms with Crippen molar-refractivity contribution in [2.75, 3.05) is 18.5 Å². The molecule has 110 valence electrons. The highest BCUT2D eigenvalue weighted by molar-refractivity contribution is 6.36. The standard InChI is InChI=1S/C13H12N2O6/c16-12(11-6-8(13(17)18)15-21-11)14-7-1-2-9-10(5-7)20-4-3-19-9/h1-2,5,11H,3-4,6H2,(H,14,16)(H,17,18). The van der Waals surface area contributed by atoms with Crippen LogP contribution in [0.2, 0.25) is 0 Å². The topological polar surface area (TPSA) is 106 Å². The molecule has 0 spiro atoms. The molecule has 1 amide bonds. The molecule has 0 aromatic heterocycles. The second-order valence-electron chi connectivity index (χ2n) is 4.49. The Labute approximate surface area is 119 Å². The average molecular weight is 292 g/mol. The molecule has 3 rings (SSSR count). The van der Waals surface area contributed by atoms with E-state index >= 15 is 0 Å². The summed E-state index contributed by atoms with van der Waals surface area (Å²) >= 11 is 0. The molecular weight excluding hydrogens is 280 g/mol. The average Bonchev–Trinajstić information content (AvgIpc) is 2.97. The van der Waals surface area contributed by atoms with Gasteiger partial charge in [0.25, 0.3) is 5.91 Å². The van der Waals surface area contributed by atoms with E-state index in [0.29, 0.717) is 30.4 Å². The number of fused-ring (bicyclic) bond motifs is 1. The van der Waals surface area contributed by atoms with Crippen molar-refractivity contribution < 1.29 is 29.0 Å². The fourth-order valence-corrected chi connectivity index (χ4v) is 1.99. The number of anilines is 1. The molecule has 2 N–H and O–H groups in total. The van der Waals surface area contributed by atoms with Gasteiger partial charge in [-0.3, -0.25) is 4.79 Å². The molecule has 0 fully saturated rings. The number of carboxylic acid groups (broad SMARTS) is 1. The van der Waals surface area contributed by atoms with Gasteiger partial charge in [0.2, 0.25) is 6.10 Å². The van der Waals surface area contributed by atoms with Crippen LogP contribution in [0.1, 0.15) is 6.42 Å². The van der Waals surface area contributed by atoms with Crippen LogP contribution in [0.4, 0.5) is 5.69 Å². The zero-order chi connectivity index (χ0) is 14.8. The minimum Gasteiger partial charge on any atom is -0.486 e. The van der Waals surface area contributed by atoms with E-state index in [9.17, 15) is 9.59 Å². The first-order valence-electron chi connectivity index (χ1n) is 6.30. The minimum absolute atomic E-state index is 0.0638. The minimum atomic E-state index is -1.19. The molecule has 0 radical (unpaired) electrons. The molecule has 0 saturated carbocycles. The Morgan fingerprint density at radius 1 is 1.24 bits per heavy atom. The second kappa shape index (κ2) is 5.31. The van der Waals surface area contributed by atoms with Crippen molar-refractivity contribution in [2.24, 2.45) is 5.16 Å². The van der Waals surface area contributed by atoms with E-state index in [0.717, 1.165) is 0 Å². The third kappa shape index (κ3) is 2.73. The number of nitrogens with one attached hydrogen (secondary N) is 1. The molecule has 1 aromatic rings. The number of carboxylic acids is 1. The molecule has 2 aliphatic rings. The van der Waals surface area contributed by atoms with E-state index in [-0.39, 0.29) is 12.1 Å². The van der Waals surface area contributed by atoms with Gasteiger partial charge in [-0.2, -0.15) is 0 Å². The van der Waals surface area contributed by atoms with Crippen LogP contribution in [0.15, 0.2) is 23.4 Å². The maximum Gasteiger partial charge on any atom is 0.353 e. The summed E-state index contributed by atoms with van der Waals surface area (Å²) in [7, 11) is 0. The molecule has 1 aromatic carbocycles. The molecular formula is C13H12N2O6. The predicted molar refractivity (Wildman–Crippen MR) is 70.6 cm³/mol. The number of hydrogen-bond donors (Lipinski definition) is 2. The van der Waals surface area contributed by atoms with Gasteiger partial charge in [0.05, 0.1) is 0 Å². The van der Waals surface area contributed by atoms with Gasteiger partial charge in [0.1, 0.15) is 13.2 Å². The van der Waals surface area contributed by atoms with Gasteiger partial charge in [0, 0.05) is 18.2 Å². The summed E-state index contributed by atoms with van der Waals surface area (Å²) in [6.45, 7) is 0.940. The molecule has 0 bridgehead atoms. The SMILES string of the molecule is O=C(O)C1=NOC(C(=O)Nc2ccc3c(c2)OCCO3)C1. The highest BCUT2D eigenvalue weighted by Crippen LogP contribution is 2.32. The van der Waals surface area contributed by atoms with Gasteiger partial charge >= 0.3 is 5.97 Å². The second-order valence-corrected chi connectivity index (χ2v) is 4.49. The number of carbonyl (C=O) groups is 2. The largest absolute Gasteiger partial charge is 0.486 e. The van der Waals surface area contributed by atoms with Gasteiger partial charge in [-0.15, -0.1) is 0 Å². The number of aliphatic carboxylic acids is 1. The lowest BCUT2D eigenvalue weighted by Gasteiger charge is -2.19. The van der Waals surface area contributed by atoms with Crippen LogP contribution >= 0.6 is 0 Å². The van der Waals surface area contributed by atoms with Crippen molar-refractivity contribution in [2.45, 2.75) is 12.5 Å². The normalized spacial score (nSPS) is 19.4. The number of rotatable bonds is 3. The number of benzene rings is 1. The maximum absolute atomic E-state index is 12.0. The highest BCUT2D eigenvalue weighted by atomic mass is 16.6. The summed E-state index contributed by atoms with van der Waals surface area (Å²) in [5.41, 5.74) is 0.342. The lowest BCUT2D eigenvalue weighted by Crippen LogP contribution is -2.29. The van der Waals surface area contributed by atoms with Crippen LogP contribution in [0.25, 0.3) is 0 Å².